The van der Waals surface area contributed by atoms with Crippen LogP contribution in [0, 0.1) is 0 Å². The zero-order chi connectivity index (χ0) is 6.57. The number of oxime groups is 1. The van der Waals surface area contributed by atoms with Crippen LogP contribution in [0.15, 0.2) is 5.16 Å². The summed E-state index contributed by atoms with van der Waals surface area (Å²) in [4.78, 5) is 10.2. The van der Waals surface area contributed by atoms with E-state index in [1.165, 1.54) is 6.92 Å². The number of carbonyl (C=O) groups excluding carboxylic acids is 1. The van der Waals surface area contributed by atoms with Crippen LogP contribution >= 0.6 is 0 Å². The molecule has 0 fully saturated rings. The molecule has 0 unspecified atom stereocenters. The van der Waals surface area contributed by atoms with Gasteiger partial charge in [-0.1, -0.05) is 5.16 Å². The van der Waals surface area contributed by atoms with Crippen LogP contribution in [0.2, 0.25) is 0 Å². The van der Waals surface area contributed by atoms with Crippen molar-refractivity contribution in [1.29, 1.82) is 0 Å². The van der Waals surface area contributed by atoms with Gasteiger partial charge in [0.2, 0.25) is 0 Å². The molecule has 8 heavy (non-hydrogen) atoms. The van der Waals surface area contributed by atoms with Gasteiger partial charge in [-0.2, -0.15) is 0 Å². The maximum Gasteiger partial charge on any atom is 0.178 e. The summed E-state index contributed by atoms with van der Waals surface area (Å²) in [6.07, 6.45) is 0. The van der Waals surface area contributed by atoms with Gasteiger partial charge in [-0.05, 0) is 0 Å². The van der Waals surface area contributed by atoms with Gasteiger partial charge >= 0.3 is 0 Å². The maximum absolute atomic E-state index is 10.2. The number of hydrogen-bond donors (Lipinski definition) is 2. The molecule has 0 aromatic rings. The van der Waals surface area contributed by atoms with Crippen LogP contribution in [0.3, 0.4) is 0 Å². The first-order chi connectivity index (χ1) is 3.72. The molecule has 0 aromatic heterocycles. The molecule has 0 spiro atoms. The van der Waals surface area contributed by atoms with E-state index in [2.05, 4.69) is 5.16 Å². The van der Waals surface area contributed by atoms with E-state index >= 15 is 0 Å². The Morgan fingerprint density at radius 2 is 2.38 bits per heavy atom. The van der Waals surface area contributed by atoms with E-state index in [9.17, 15) is 4.79 Å². The summed E-state index contributed by atoms with van der Waals surface area (Å²) in [6, 6.07) is 0. The van der Waals surface area contributed by atoms with E-state index in [1.807, 2.05) is 0 Å². The molecule has 0 saturated carbocycles. The van der Waals surface area contributed by atoms with E-state index in [-0.39, 0.29) is 18.0 Å². The summed E-state index contributed by atoms with van der Waals surface area (Å²) in [5, 5.41) is 10.6. The third-order valence-corrected chi connectivity index (χ3v) is 0.720. The van der Waals surface area contributed by atoms with Crippen LogP contribution in [0.4, 0.5) is 0 Å². The van der Waals surface area contributed by atoms with Crippen molar-refractivity contribution in [2.45, 2.75) is 6.92 Å². The van der Waals surface area contributed by atoms with Crippen molar-refractivity contribution in [2.75, 3.05) is 6.54 Å². The third kappa shape index (κ3) is 1.70. The quantitative estimate of drug-likeness (QED) is 0.286. The van der Waals surface area contributed by atoms with Gasteiger partial charge in [0.1, 0.15) is 5.71 Å². The fraction of sp³-hybridized carbons (Fsp3) is 0.500. The highest BCUT2D eigenvalue weighted by Gasteiger charge is 2.00. The van der Waals surface area contributed by atoms with Gasteiger partial charge in [-0.15, -0.1) is 0 Å². The Kier molecular flexibility index (Phi) is 2.79. The molecular formula is C4H8N2O2. The van der Waals surface area contributed by atoms with Crippen LogP contribution in [0.1, 0.15) is 6.92 Å². The van der Waals surface area contributed by atoms with Gasteiger partial charge in [-0.25, -0.2) is 0 Å². The summed E-state index contributed by atoms with van der Waals surface area (Å²) in [5.41, 5.74) is 4.98. The average molecular weight is 116 g/mol. The molecule has 0 saturated heterocycles. The maximum atomic E-state index is 10.2. The van der Waals surface area contributed by atoms with Gasteiger partial charge in [-0.3, -0.25) is 4.79 Å². The van der Waals surface area contributed by atoms with Gasteiger partial charge in [0, 0.05) is 13.5 Å². The SMILES string of the molecule is CC(=O)C(CN)=NO. The number of ketones is 1. The molecule has 4 nitrogen and oxygen atoms in total. The van der Waals surface area contributed by atoms with E-state index < -0.39 is 0 Å². The Morgan fingerprint density at radius 3 is 2.38 bits per heavy atom. The van der Waals surface area contributed by atoms with Crippen molar-refractivity contribution >= 4 is 11.5 Å². The summed E-state index contributed by atoms with van der Waals surface area (Å²) in [7, 11) is 0. The zero-order valence-electron chi connectivity index (χ0n) is 4.59. The van der Waals surface area contributed by atoms with Crippen molar-refractivity contribution in [3.63, 3.8) is 0 Å². The first-order valence-electron chi connectivity index (χ1n) is 2.14. The minimum atomic E-state index is -0.296. The molecule has 0 aliphatic heterocycles. The molecule has 0 radical (unpaired) electrons. The molecule has 0 aliphatic rings. The number of hydrogen-bond acceptors (Lipinski definition) is 4. The van der Waals surface area contributed by atoms with Crippen molar-refractivity contribution < 1.29 is 10.0 Å². The fourth-order valence-corrected chi connectivity index (χ4v) is 0.255. The fourth-order valence-electron chi connectivity index (χ4n) is 0.255. The lowest BCUT2D eigenvalue weighted by molar-refractivity contribution is -0.111. The largest absolute Gasteiger partial charge is 0.411 e. The third-order valence-electron chi connectivity index (χ3n) is 0.720. The highest BCUT2D eigenvalue weighted by molar-refractivity contribution is 6.39. The average Bonchev–Trinajstić information content (AvgIpc) is 1.69. The van der Waals surface area contributed by atoms with Gasteiger partial charge in [0.05, 0.1) is 0 Å². The normalized spacial score (nSPS) is 11.5. The zero-order valence-corrected chi connectivity index (χ0v) is 4.59. The van der Waals surface area contributed by atoms with Crippen molar-refractivity contribution in [1.82, 2.24) is 0 Å². The van der Waals surface area contributed by atoms with Gasteiger partial charge < -0.3 is 10.9 Å². The Bertz CT molecular complexity index is 119. The summed E-state index contributed by atoms with van der Waals surface area (Å²) >= 11 is 0. The monoisotopic (exact) mass is 116 g/mol. The highest BCUT2D eigenvalue weighted by Crippen LogP contribution is 1.73. The molecule has 0 heterocycles. The Morgan fingerprint density at radius 1 is 1.88 bits per heavy atom. The molecule has 0 atom stereocenters. The first-order valence-corrected chi connectivity index (χ1v) is 2.14. The van der Waals surface area contributed by atoms with E-state index in [4.69, 9.17) is 10.9 Å². The summed E-state index contributed by atoms with van der Waals surface area (Å²) < 4.78 is 0. The molecule has 4 heteroatoms. The van der Waals surface area contributed by atoms with Crippen LogP contribution in [-0.4, -0.2) is 23.2 Å². The lowest BCUT2D eigenvalue weighted by Crippen LogP contribution is -2.20. The smallest absolute Gasteiger partial charge is 0.178 e. The van der Waals surface area contributed by atoms with Crippen LogP contribution < -0.4 is 5.73 Å². The first kappa shape index (κ1) is 7.10. The number of Topliss-reactive ketones (excluding diaryl/α,β-unsaturated/α-hetero) is 1. The second-order valence-electron chi connectivity index (χ2n) is 1.31. The van der Waals surface area contributed by atoms with Crippen LogP contribution in [-0.2, 0) is 4.79 Å². The topological polar surface area (TPSA) is 75.7 Å². The minimum absolute atomic E-state index is 0.00463. The lowest BCUT2D eigenvalue weighted by atomic mass is 10.3. The van der Waals surface area contributed by atoms with E-state index in [0.29, 0.717) is 0 Å². The number of nitrogens with two attached hydrogens (primary N) is 1. The molecule has 0 aromatic carbocycles. The lowest BCUT2D eigenvalue weighted by Gasteiger charge is -1.89. The molecule has 46 valence electrons. The number of nitrogens with zero attached hydrogens (tertiary/aromatic N) is 1. The minimum Gasteiger partial charge on any atom is -0.411 e. The number of carbonyl (C=O) groups is 1. The molecule has 0 aliphatic carbocycles. The van der Waals surface area contributed by atoms with Gasteiger partial charge in [0.15, 0.2) is 5.78 Å². The van der Waals surface area contributed by atoms with E-state index in [0.717, 1.165) is 0 Å². The Labute approximate surface area is 47.0 Å². The number of rotatable bonds is 2. The molecule has 3 N–H and O–H groups in total. The molecule has 0 bridgehead atoms. The Balaban J connectivity index is 3.92. The molecule has 0 rings (SSSR count). The summed E-state index contributed by atoms with van der Waals surface area (Å²) in [6.45, 7) is 1.29. The Hall–Kier alpha value is -0.900. The van der Waals surface area contributed by atoms with Crippen LogP contribution in [0.5, 0.6) is 0 Å². The van der Waals surface area contributed by atoms with Crippen LogP contribution in [0.25, 0.3) is 0 Å². The second kappa shape index (κ2) is 3.15. The van der Waals surface area contributed by atoms with Crippen molar-refractivity contribution in [3.05, 3.63) is 0 Å². The second-order valence-corrected chi connectivity index (χ2v) is 1.31. The molecular weight excluding hydrogens is 108 g/mol. The predicted molar refractivity (Wildman–Crippen MR) is 29.0 cm³/mol. The predicted octanol–water partition coefficient (Wildman–Crippen LogP) is -0.636. The molecule has 0 amide bonds. The standard InChI is InChI=1S/C4H8N2O2/c1-3(7)4(2-5)6-8/h8H,2,5H2,1H3. The van der Waals surface area contributed by atoms with Crippen molar-refractivity contribution in [3.8, 4) is 0 Å². The van der Waals surface area contributed by atoms with Gasteiger partial charge in [0.25, 0.3) is 0 Å². The van der Waals surface area contributed by atoms with E-state index in [1.54, 1.807) is 0 Å². The van der Waals surface area contributed by atoms with Crippen molar-refractivity contribution in [2.24, 2.45) is 10.9 Å². The summed E-state index contributed by atoms with van der Waals surface area (Å²) in [5.74, 6) is -0.296. The highest BCUT2D eigenvalue weighted by atomic mass is 16.4.